The molecule has 3 rings (SSSR count). The molecule has 0 saturated carbocycles. The van der Waals surface area contributed by atoms with Gasteiger partial charge in [-0.1, -0.05) is 0 Å². The zero-order valence-corrected chi connectivity index (χ0v) is 14.9. The number of carbonyl (C=O) groups excluding carboxylic acids is 1. The molecule has 1 saturated heterocycles. The lowest BCUT2D eigenvalue weighted by Crippen LogP contribution is -2.43. The quantitative estimate of drug-likeness (QED) is 0.910. The van der Waals surface area contributed by atoms with Gasteiger partial charge < -0.3 is 10.0 Å². The van der Waals surface area contributed by atoms with Crippen molar-refractivity contribution in [2.24, 2.45) is 5.92 Å². The van der Waals surface area contributed by atoms with Gasteiger partial charge in [-0.05, 0) is 51.0 Å². The number of carboxylic acids is 1. The van der Waals surface area contributed by atoms with Crippen LogP contribution in [0.15, 0.2) is 24.3 Å². The smallest absolute Gasteiger partial charge is 0.308 e. The first-order valence-electron chi connectivity index (χ1n) is 8.68. The molecule has 0 bridgehead atoms. The average molecular weight is 359 g/mol. The highest BCUT2D eigenvalue weighted by atomic mass is 19.1. The number of amides is 1. The van der Waals surface area contributed by atoms with Crippen molar-refractivity contribution < 1.29 is 19.1 Å². The van der Waals surface area contributed by atoms with Crippen molar-refractivity contribution >= 4 is 11.9 Å². The predicted octanol–water partition coefficient (Wildman–Crippen LogP) is 2.49. The molecule has 2 aromatic rings. The molecule has 0 radical (unpaired) electrons. The number of carboxylic acid groups (broad SMARTS) is 1. The molecule has 7 heteroatoms. The number of nitrogens with zero attached hydrogens (tertiary/aromatic N) is 3. The van der Waals surface area contributed by atoms with Gasteiger partial charge in [0.1, 0.15) is 5.82 Å². The maximum Gasteiger partial charge on any atom is 0.308 e. The number of likely N-dealkylation sites (tertiary alicyclic amines) is 1. The summed E-state index contributed by atoms with van der Waals surface area (Å²) >= 11 is 0. The number of aromatic nitrogens is 2. The van der Waals surface area contributed by atoms with Crippen molar-refractivity contribution in [3.63, 3.8) is 0 Å². The van der Waals surface area contributed by atoms with Gasteiger partial charge in [0.15, 0.2) is 0 Å². The summed E-state index contributed by atoms with van der Waals surface area (Å²) in [6.45, 7) is 4.57. The van der Waals surface area contributed by atoms with E-state index in [4.69, 9.17) is 0 Å². The zero-order valence-electron chi connectivity index (χ0n) is 14.9. The summed E-state index contributed by atoms with van der Waals surface area (Å²) in [6.07, 6.45) is 1.50. The maximum atomic E-state index is 13.1. The molecule has 26 heavy (non-hydrogen) atoms. The first-order chi connectivity index (χ1) is 12.4. The van der Waals surface area contributed by atoms with Gasteiger partial charge in [-0.25, -0.2) is 9.07 Å². The summed E-state index contributed by atoms with van der Waals surface area (Å²) in [7, 11) is 0. The molecule has 2 heterocycles. The highest BCUT2D eigenvalue weighted by Crippen LogP contribution is 2.22. The van der Waals surface area contributed by atoms with E-state index in [1.807, 2.05) is 13.8 Å². The number of piperidine rings is 1. The largest absolute Gasteiger partial charge is 0.481 e. The fourth-order valence-corrected chi connectivity index (χ4v) is 3.43. The lowest BCUT2D eigenvalue weighted by atomic mass is 9.97. The van der Waals surface area contributed by atoms with Gasteiger partial charge in [0, 0.05) is 24.3 Å². The standard InChI is InChI=1S/C19H22FN3O3/c1-12-17(10-18(24)22-9-3-4-14(11-22)19(25)26)13(2)23(21-12)16-7-5-15(20)6-8-16/h5-8,14H,3-4,9-11H2,1-2H3,(H,25,26)/t14-/m0/s1. The second-order valence-corrected chi connectivity index (χ2v) is 6.73. The molecule has 1 aliphatic rings. The summed E-state index contributed by atoms with van der Waals surface area (Å²) in [6, 6.07) is 6.03. The van der Waals surface area contributed by atoms with E-state index in [1.54, 1.807) is 21.7 Å². The van der Waals surface area contributed by atoms with E-state index in [0.717, 1.165) is 22.6 Å². The Kier molecular flexibility index (Phi) is 5.06. The SMILES string of the molecule is Cc1nn(-c2ccc(F)cc2)c(C)c1CC(=O)N1CCC[C@H](C(=O)O)C1. The van der Waals surface area contributed by atoms with Gasteiger partial charge in [-0.2, -0.15) is 5.10 Å². The summed E-state index contributed by atoms with van der Waals surface area (Å²) in [5, 5.41) is 13.7. The second kappa shape index (κ2) is 7.27. The molecule has 0 unspecified atom stereocenters. The van der Waals surface area contributed by atoms with Crippen molar-refractivity contribution in [2.45, 2.75) is 33.1 Å². The van der Waals surface area contributed by atoms with E-state index in [2.05, 4.69) is 5.10 Å². The van der Waals surface area contributed by atoms with Gasteiger partial charge in [-0.15, -0.1) is 0 Å². The van der Waals surface area contributed by atoms with Gasteiger partial charge >= 0.3 is 5.97 Å². The van der Waals surface area contributed by atoms with Crippen LogP contribution in [0.2, 0.25) is 0 Å². The minimum absolute atomic E-state index is 0.0826. The summed E-state index contributed by atoms with van der Waals surface area (Å²) in [5.41, 5.74) is 3.13. The van der Waals surface area contributed by atoms with Gasteiger partial charge in [0.05, 0.1) is 23.7 Å². The molecule has 1 fully saturated rings. The van der Waals surface area contributed by atoms with E-state index in [0.29, 0.717) is 19.4 Å². The minimum Gasteiger partial charge on any atom is -0.481 e. The normalized spacial score (nSPS) is 17.3. The number of carbonyl (C=O) groups is 2. The Labute approximate surface area is 151 Å². The molecule has 1 aromatic carbocycles. The predicted molar refractivity (Wildman–Crippen MR) is 93.6 cm³/mol. The Morgan fingerprint density at radius 3 is 2.62 bits per heavy atom. The van der Waals surface area contributed by atoms with E-state index in [9.17, 15) is 19.1 Å². The number of hydrogen-bond acceptors (Lipinski definition) is 3. The summed E-state index contributed by atoms with van der Waals surface area (Å²) in [4.78, 5) is 25.5. The first-order valence-corrected chi connectivity index (χ1v) is 8.68. The Hall–Kier alpha value is -2.70. The number of hydrogen-bond donors (Lipinski definition) is 1. The fraction of sp³-hybridized carbons (Fsp3) is 0.421. The molecule has 0 aliphatic carbocycles. The number of halogens is 1. The molecule has 1 amide bonds. The minimum atomic E-state index is -0.848. The molecular weight excluding hydrogens is 337 g/mol. The maximum absolute atomic E-state index is 13.1. The average Bonchev–Trinajstić information content (AvgIpc) is 2.90. The van der Waals surface area contributed by atoms with Crippen molar-refractivity contribution in [3.05, 3.63) is 47.0 Å². The van der Waals surface area contributed by atoms with Crippen LogP contribution in [0.25, 0.3) is 5.69 Å². The molecule has 1 aliphatic heterocycles. The number of aryl methyl sites for hydroxylation is 1. The molecule has 1 atom stereocenters. The highest BCUT2D eigenvalue weighted by molar-refractivity contribution is 5.80. The Bertz CT molecular complexity index is 829. The topological polar surface area (TPSA) is 75.4 Å². The van der Waals surface area contributed by atoms with Crippen LogP contribution in [-0.4, -0.2) is 44.8 Å². The van der Waals surface area contributed by atoms with Crippen LogP contribution in [0, 0.1) is 25.6 Å². The van der Waals surface area contributed by atoms with Crippen molar-refractivity contribution in [2.75, 3.05) is 13.1 Å². The Morgan fingerprint density at radius 2 is 1.96 bits per heavy atom. The van der Waals surface area contributed by atoms with Crippen LogP contribution in [-0.2, 0) is 16.0 Å². The molecule has 138 valence electrons. The van der Waals surface area contributed by atoms with E-state index < -0.39 is 11.9 Å². The summed E-state index contributed by atoms with van der Waals surface area (Å²) < 4.78 is 14.8. The zero-order chi connectivity index (χ0) is 18.8. The fourth-order valence-electron chi connectivity index (χ4n) is 3.43. The van der Waals surface area contributed by atoms with Crippen molar-refractivity contribution in [1.29, 1.82) is 0 Å². The van der Waals surface area contributed by atoms with E-state index in [-0.39, 0.29) is 24.7 Å². The van der Waals surface area contributed by atoms with Crippen molar-refractivity contribution in [1.82, 2.24) is 14.7 Å². The summed E-state index contributed by atoms with van der Waals surface area (Å²) in [5.74, 6) is -1.74. The highest BCUT2D eigenvalue weighted by Gasteiger charge is 2.29. The van der Waals surface area contributed by atoms with E-state index >= 15 is 0 Å². The monoisotopic (exact) mass is 359 g/mol. The van der Waals surface area contributed by atoms with Gasteiger partial charge in [0.2, 0.25) is 5.91 Å². The first kappa shape index (κ1) is 18.1. The Balaban J connectivity index is 1.78. The molecule has 1 aromatic heterocycles. The van der Waals surface area contributed by atoms with Crippen LogP contribution in [0.4, 0.5) is 4.39 Å². The third-order valence-corrected chi connectivity index (χ3v) is 4.96. The number of rotatable bonds is 4. The van der Waals surface area contributed by atoms with Crippen LogP contribution >= 0.6 is 0 Å². The Morgan fingerprint density at radius 1 is 1.27 bits per heavy atom. The van der Waals surface area contributed by atoms with Crippen LogP contribution in [0.1, 0.15) is 29.8 Å². The molecular formula is C19H22FN3O3. The third-order valence-electron chi connectivity index (χ3n) is 4.96. The van der Waals surface area contributed by atoms with E-state index in [1.165, 1.54) is 12.1 Å². The van der Waals surface area contributed by atoms with Gasteiger partial charge in [-0.3, -0.25) is 9.59 Å². The van der Waals surface area contributed by atoms with Crippen LogP contribution in [0.5, 0.6) is 0 Å². The third kappa shape index (κ3) is 3.61. The number of aliphatic carboxylic acids is 1. The van der Waals surface area contributed by atoms with Crippen LogP contribution < -0.4 is 0 Å². The number of benzene rings is 1. The molecule has 0 spiro atoms. The van der Waals surface area contributed by atoms with Crippen molar-refractivity contribution in [3.8, 4) is 5.69 Å². The second-order valence-electron chi connectivity index (χ2n) is 6.73. The molecule has 6 nitrogen and oxygen atoms in total. The lowest BCUT2D eigenvalue weighted by molar-refractivity contribution is -0.145. The van der Waals surface area contributed by atoms with Crippen LogP contribution in [0.3, 0.4) is 0 Å². The molecule has 1 N–H and O–H groups in total. The van der Waals surface area contributed by atoms with Gasteiger partial charge in [0.25, 0.3) is 0 Å². The lowest BCUT2D eigenvalue weighted by Gasteiger charge is -2.30.